The number of aromatic nitrogens is 1. The number of hydrogen-bond donors (Lipinski definition) is 0. The molecular formula is C21H30BNO4. The standard InChI is InChI=1S/C21H30BNO4/c1-14(2)21(8)20(6,7)26-22(27-21)16-13-23(18(24)25-19(3,4)5)17-12-10-9-11-15(16)17/h9-14H,1-8H3. The van der Waals surface area contributed by atoms with Gasteiger partial charge in [0.15, 0.2) is 0 Å². The van der Waals surface area contributed by atoms with Gasteiger partial charge < -0.3 is 14.0 Å². The predicted octanol–water partition coefficient (Wildman–Crippen LogP) is 4.36. The molecule has 146 valence electrons. The van der Waals surface area contributed by atoms with Gasteiger partial charge in [-0.15, -0.1) is 0 Å². The van der Waals surface area contributed by atoms with Crippen molar-refractivity contribution >= 4 is 29.6 Å². The molecule has 0 N–H and O–H groups in total. The molecule has 0 saturated carbocycles. The van der Waals surface area contributed by atoms with Crippen molar-refractivity contribution in [3.63, 3.8) is 0 Å². The van der Waals surface area contributed by atoms with E-state index in [0.717, 1.165) is 16.4 Å². The van der Waals surface area contributed by atoms with E-state index >= 15 is 0 Å². The summed E-state index contributed by atoms with van der Waals surface area (Å²) in [5, 5.41) is 0.928. The number of hydrogen-bond acceptors (Lipinski definition) is 4. The first-order valence-corrected chi connectivity index (χ1v) is 9.55. The van der Waals surface area contributed by atoms with Crippen molar-refractivity contribution in [2.75, 3.05) is 0 Å². The molecule has 1 fully saturated rings. The smallest absolute Gasteiger partial charge is 0.443 e. The van der Waals surface area contributed by atoms with E-state index in [0.29, 0.717) is 0 Å². The molecule has 1 unspecified atom stereocenters. The largest absolute Gasteiger partial charge is 0.497 e. The minimum Gasteiger partial charge on any atom is -0.443 e. The average Bonchev–Trinajstić information content (AvgIpc) is 3.02. The summed E-state index contributed by atoms with van der Waals surface area (Å²) < 4.78 is 19.9. The number of ether oxygens (including phenoxy) is 1. The van der Waals surface area contributed by atoms with E-state index in [9.17, 15) is 4.79 Å². The van der Waals surface area contributed by atoms with Crippen LogP contribution in [0.3, 0.4) is 0 Å². The van der Waals surface area contributed by atoms with Crippen molar-refractivity contribution < 1.29 is 18.8 Å². The molecule has 1 saturated heterocycles. The quantitative estimate of drug-likeness (QED) is 0.736. The number of carbonyl (C=O) groups is 1. The Morgan fingerprint density at radius 3 is 2.33 bits per heavy atom. The Hall–Kier alpha value is -1.79. The molecule has 5 nitrogen and oxygen atoms in total. The van der Waals surface area contributed by atoms with Gasteiger partial charge in [-0.25, -0.2) is 4.79 Å². The zero-order valence-electron chi connectivity index (χ0n) is 17.6. The van der Waals surface area contributed by atoms with Gasteiger partial charge >= 0.3 is 13.2 Å². The first kappa shape index (κ1) is 20.0. The Balaban J connectivity index is 2.06. The molecule has 6 heteroatoms. The lowest BCUT2D eigenvalue weighted by molar-refractivity contribution is -0.0435. The Labute approximate surface area is 162 Å². The van der Waals surface area contributed by atoms with Crippen molar-refractivity contribution in [2.45, 2.75) is 72.2 Å². The molecule has 0 amide bonds. The summed E-state index contributed by atoms with van der Waals surface area (Å²) in [5.74, 6) is 0.275. The van der Waals surface area contributed by atoms with Crippen LogP contribution >= 0.6 is 0 Å². The highest BCUT2D eigenvalue weighted by atomic mass is 16.7. The summed E-state index contributed by atoms with van der Waals surface area (Å²) in [5.41, 5.74) is 0.161. The lowest BCUT2D eigenvalue weighted by atomic mass is 9.78. The first-order valence-electron chi connectivity index (χ1n) is 9.55. The van der Waals surface area contributed by atoms with E-state index in [4.69, 9.17) is 14.0 Å². The third-order valence-corrected chi connectivity index (χ3v) is 5.64. The van der Waals surface area contributed by atoms with Gasteiger partial charge in [0.1, 0.15) is 5.60 Å². The monoisotopic (exact) mass is 371 g/mol. The van der Waals surface area contributed by atoms with Crippen LogP contribution in [0, 0.1) is 5.92 Å². The molecule has 1 aromatic carbocycles. The molecule has 0 bridgehead atoms. The van der Waals surface area contributed by atoms with Gasteiger partial charge in [0.25, 0.3) is 0 Å². The second kappa shape index (κ2) is 6.38. The number of rotatable bonds is 2. The normalized spacial score (nSPS) is 22.6. The number of fused-ring (bicyclic) bond motifs is 1. The maximum absolute atomic E-state index is 12.7. The Kier molecular flexibility index (Phi) is 4.72. The van der Waals surface area contributed by atoms with Crippen molar-refractivity contribution in [2.24, 2.45) is 5.92 Å². The third-order valence-electron chi connectivity index (χ3n) is 5.64. The van der Waals surface area contributed by atoms with Crippen molar-refractivity contribution in [3.8, 4) is 0 Å². The summed E-state index contributed by atoms with van der Waals surface area (Å²) in [4.78, 5) is 12.7. The van der Waals surface area contributed by atoms with Gasteiger partial charge in [0.05, 0.1) is 16.7 Å². The Bertz CT molecular complexity index is 865. The van der Waals surface area contributed by atoms with Crippen LogP contribution in [0.15, 0.2) is 30.5 Å². The van der Waals surface area contributed by atoms with E-state index in [1.165, 1.54) is 0 Å². The third kappa shape index (κ3) is 3.41. The van der Waals surface area contributed by atoms with Gasteiger partial charge in [0, 0.05) is 11.7 Å². The molecule has 1 aliphatic rings. The Morgan fingerprint density at radius 1 is 1.15 bits per heavy atom. The van der Waals surface area contributed by atoms with Crippen molar-refractivity contribution in [1.29, 1.82) is 0 Å². The predicted molar refractivity (Wildman–Crippen MR) is 108 cm³/mol. The number of carbonyl (C=O) groups excluding carboxylic acids is 1. The SMILES string of the molecule is CC(C)C1(C)OB(c2cn(C(=O)OC(C)(C)C)c3ccccc23)OC1(C)C. The van der Waals surface area contributed by atoms with Gasteiger partial charge in [-0.05, 0) is 58.9 Å². The fraction of sp³-hybridized carbons (Fsp3) is 0.571. The molecule has 1 aromatic heterocycles. The van der Waals surface area contributed by atoms with E-state index in [-0.39, 0.29) is 5.92 Å². The second-order valence-corrected chi connectivity index (χ2v) is 9.29. The minimum atomic E-state index is -0.568. The summed E-state index contributed by atoms with van der Waals surface area (Å²) in [6, 6.07) is 7.75. The lowest BCUT2D eigenvalue weighted by Gasteiger charge is -2.39. The highest BCUT2D eigenvalue weighted by Crippen LogP contribution is 2.42. The molecule has 0 aliphatic carbocycles. The average molecular weight is 371 g/mol. The highest BCUT2D eigenvalue weighted by Gasteiger charge is 2.56. The van der Waals surface area contributed by atoms with Gasteiger partial charge in [0.2, 0.25) is 0 Å². The summed E-state index contributed by atoms with van der Waals surface area (Å²) in [6.45, 7) is 16.0. The van der Waals surface area contributed by atoms with Crippen LogP contribution in [0.1, 0.15) is 55.4 Å². The van der Waals surface area contributed by atoms with Gasteiger partial charge in [-0.2, -0.15) is 0 Å². The highest BCUT2D eigenvalue weighted by molar-refractivity contribution is 6.65. The summed E-state index contributed by atoms with van der Waals surface area (Å²) >= 11 is 0. The Morgan fingerprint density at radius 2 is 1.78 bits per heavy atom. The lowest BCUT2D eigenvalue weighted by Crippen LogP contribution is -2.48. The van der Waals surface area contributed by atoms with Crippen LogP contribution in [-0.2, 0) is 14.0 Å². The topological polar surface area (TPSA) is 49.7 Å². The summed E-state index contributed by atoms with van der Waals surface area (Å²) in [7, 11) is -0.541. The van der Waals surface area contributed by atoms with E-state index in [1.54, 1.807) is 10.8 Å². The van der Waals surface area contributed by atoms with Gasteiger partial charge in [-0.3, -0.25) is 4.57 Å². The number of benzene rings is 1. The fourth-order valence-electron chi connectivity index (χ4n) is 3.59. The summed E-state index contributed by atoms with van der Waals surface area (Å²) in [6.07, 6.45) is 1.37. The first-order chi connectivity index (χ1) is 12.4. The van der Waals surface area contributed by atoms with Crippen LogP contribution in [0.5, 0.6) is 0 Å². The van der Waals surface area contributed by atoms with Crippen molar-refractivity contribution in [3.05, 3.63) is 30.5 Å². The van der Waals surface area contributed by atoms with Crippen LogP contribution < -0.4 is 5.46 Å². The van der Waals surface area contributed by atoms with E-state index < -0.39 is 30.0 Å². The molecule has 2 aromatic rings. The van der Waals surface area contributed by atoms with Crippen LogP contribution in [0.25, 0.3) is 10.9 Å². The molecule has 2 heterocycles. The van der Waals surface area contributed by atoms with E-state index in [2.05, 4.69) is 34.6 Å². The zero-order valence-corrected chi connectivity index (χ0v) is 17.6. The minimum absolute atomic E-state index is 0.275. The zero-order chi connectivity index (χ0) is 20.2. The molecule has 1 aliphatic heterocycles. The van der Waals surface area contributed by atoms with Crippen LogP contribution in [0.4, 0.5) is 4.79 Å². The molecule has 3 rings (SSSR count). The molecule has 1 atom stereocenters. The molecule has 0 spiro atoms. The molecule has 0 radical (unpaired) electrons. The molecule has 27 heavy (non-hydrogen) atoms. The number of nitrogens with zero attached hydrogens (tertiary/aromatic N) is 1. The maximum atomic E-state index is 12.7. The van der Waals surface area contributed by atoms with Crippen molar-refractivity contribution in [1.82, 2.24) is 4.57 Å². The molecular weight excluding hydrogens is 341 g/mol. The maximum Gasteiger partial charge on any atom is 0.497 e. The van der Waals surface area contributed by atoms with Crippen LogP contribution in [-0.4, -0.2) is 34.6 Å². The van der Waals surface area contributed by atoms with Crippen LogP contribution in [0.2, 0.25) is 0 Å². The van der Waals surface area contributed by atoms with Gasteiger partial charge in [-0.1, -0.05) is 32.0 Å². The number of para-hydroxylation sites is 1. The fourth-order valence-corrected chi connectivity index (χ4v) is 3.59. The second-order valence-electron chi connectivity index (χ2n) is 9.29. The van der Waals surface area contributed by atoms with E-state index in [1.807, 2.05) is 45.0 Å².